The molecule has 2 amide bonds. The predicted octanol–water partition coefficient (Wildman–Crippen LogP) is 3.40. The molecule has 0 aromatic heterocycles. The van der Waals surface area contributed by atoms with Gasteiger partial charge in [-0.15, -0.1) is 0 Å². The summed E-state index contributed by atoms with van der Waals surface area (Å²) in [5.41, 5.74) is 1.41. The van der Waals surface area contributed by atoms with Crippen LogP contribution in [0, 0.1) is 5.92 Å². The highest BCUT2D eigenvalue weighted by Crippen LogP contribution is 2.17. The van der Waals surface area contributed by atoms with Crippen molar-refractivity contribution in [1.82, 2.24) is 10.6 Å². The summed E-state index contributed by atoms with van der Waals surface area (Å²) in [5, 5.41) is 14.9. The molecule has 2 aromatic carbocycles. The lowest BCUT2D eigenvalue weighted by Gasteiger charge is -2.24. The molecule has 7 nitrogen and oxygen atoms in total. The highest BCUT2D eigenvalue weighted by molar-refractivity contribution is 6.31. The summed E-state index contributed by atoms with van der Waals surface area (Å²) in [5.74, 6) is -2.09. The first-order valence-corrected chi connectivity index (χ1v) is 9.89. The van der Waals surface area contributed by atoms with Crippen molar-refractivity contribution < 1.29 is 24.2 Å². The summed E-state index contributed by atoms with van der Waals surface area (Å²) in [6, 6.07) is 13.8. The Hall–Kier alpha value is -3.06. The van der Waals surface area contributed by atoms with Crippen LogP contribution in [0.3, 0.4) is 0 Å². The standard InChI is InChI=1S/C22H25ClN2O5/c1-14(2)19(25-22(29)30-13-15-8-4-3-5-9-15)20(26)24-18(21(27)28)12-16-10-6-7-11-17(16)23/h3-11,14,18-19H,12-13H2,1-2H3,(H,24,26)(H,25,29)(H,27,28)/t18-,19+/m1/s1. The number of hydrogen-bond donors (Lipinski definition) is 3. The monoisotopic (exact) mass is 432 g/mol. The fraction of sp³-hybridized carbons (Fsp3) is 0.318. The predicted molar refractivity (Wildman–Crippen MR) is 113 cm³/mol. The van der Waals surface area contributed by atoms with Crippen molar-refractivity contribution in [2.24, 2.45) is 5.92 Å². The summed E-state index contributed by atoms with van der Waals surface area (Å²) in [7, 11) is 0. The zero-order chi connectivity index (χ0) is 22.1. The molecule has 0 heterocycles. The van der Waals surface area contributed by atoms with E-state index in [1.165, 1.54) is 0 Å². The van der Waals surface area contributed by atoms with Crippen molar-refractivity contribution in [3.63, 3.8) is 0 Å². The fourth-order valence-electron chi connectivity index (χ4n) is 2.77. The largest absolute Gasteiger partial charge is 0.480 e. The summed E-state index contributed by atoms with van der Waals surface area (Å²) in [6.07, 6.45) is -0.741. The van der Waals surface area contributed by atoms with Gasteiger partial charge in [-0.1, -0.05) is 74.0 Å². The molecule has 0 fully saturated rings. The van der Waals surface area contributed by atoms with Gasteiger partial charge in [0.1, 0.15) is 18.7 Å². The van der Waals surface area contributed by atoms with E-state index >= 15 is 0 Å². The number of nitrogens with one attached hydrogen (secondary N) is 2. The van der Waals surface area contributed by atoms with Crippen molar-refractivity contribution in [3.8, 4) is 0 Å². The quantitative estimate of drug-likeness (QED) is 0.563. The minimum absolute atomic E-state index is 0.0179. The number of carboxylic acids is 1. The van der Waals surface area contributed by atoms with Crippen molar-refractivity contribution in [1.29, 1.82) is 0 Å². The lowest BCUT2D eigenvalue weighted by atomic mass is 10.0. The molecule has 2 aromatic rings. The Morgan fingerprint density at radius 3 is 2.23 bits per heavy atom. The smallest absolute Gasteiger partial charge is 0.408 e. The van der Waals surface area contributed by atoms with E-state index in [2.05, 4.69) is 10.6 Å². The Kier molecular flexibility index (Phi) is 8.68. The van der Waals surface area contributed by atoms with Crippen LogP contribution in [0.15, 0.2) is 54.6 Å². The number of halogens is 1. The number of carbonyl (C=O) groups excluding carboxylic acids is 2. The van der Waals surface area contributed by atoms with Crippen LogP contribution in [-0.2, 0) is 27.4 Å². The second kappa shape index (κ2) is 11.2. The number of hydrogen-bond acceptors (Lipinski definition) is 4. The van der Waals surface area contributed by atoms with Crippen LogP contribution < -0.4 is 10.6 Å². The molecule has 2 rings (SSSR count). The molecule has 0 aliphatic heterocycles. The molecular formula is C22H25ClN2O5. The van der Waals surface area contributed by atoms with Crippen molar-refractivity contribution in [2.45, 2.75) is 39.0 Å². The molecule has 0 unspecified atom stereocenters. The first-order valence-electron chi connectivity index (χ1n) is 9.51. The number of benzene rings is 2. The topological polar surface area (TPSA) is 105 Å². The van der Waals surface area contributed by atoms with Crippen molar-refractivity contribution in [3.05, 3.63) is 70.7 Å². The SMILES string of the molecule is CC(C)[C@H](NC(=O)OCc1ccccc1)C(=O)N[C@H](Cc1ccccc1Cl)C(=O)O. The molecular weight excluding hydrogens is 408 g/mol. The fourth-order valence-corrected chi connectivity index (χ4v) is 2.99. The summed E-state index contributed by atoms with van der Waals surface area (Å²) >= 11 is 6.10. The van der Waals surface area contributed by atoms with Crippen LogP contribution in [0.5, 0.6) is 0 Å². The third kappa shape index (κ3) is 7.08. The van der Waals surface area contributed by atoms with Crippen LogP contribution in [0.25, 0.3) is 0 Å². The van der Waals surface area contributed by atoms with Crippen LogP contribution in [-0.4, -0.2) is 35.2 Å². The lowest BCUT2D eigenvalue weighted by Crippen LogP contribution is -2.54. The van der Waals surface area contributed by atoms with Gasteiger partial charge in [-0.3, -0.25) is 4.79 Å². The molecule has 160 valence electrons. The van der Waals surface area contributed by atoms with Gasteiger partial charge in [0.05, 0.1) is 0 Å². The van der Waals surface area contributed by atoms with E-state index in [1.807, 2.05) is 30.3 Å². The van der Waals surface area contributed by atoms with Crippen LogP contribution >= 0.6 is 11.6 Å². The Labute approximate surface area is 180 Å². The summed E-state index contributed by atoms with van der Waals surface area (Å²) in [6.45, 7) is 3.54. The molecule has 2 atom stereocenters. The number of aliphatic carboxylic acids is 1. The molecule has 8 heteroatoms. The van der Waals surface area contributed by atoms with E-state index in [0.29, 0.717) is 10.6 Å². The minimum atomic E-state index is -1.20. The summed E-state index contributed by atoms with van der Waals surface area (Å²) < 4.78 is 5.16. The Morgan fingerprint density at radius 1 is 1.00 bits per heavy atom. The molecule has 30 heavy (non-hydrogen) atoms. The molecule has 0 aliphatic carbocycles. The number of ether oxygens (including phenoxy) is 1. The second-order valence-corrected chi connectivity index (χ2v) is 7.53. The highest BCUT2D eigenvalue weighted by Gasteiger charge is 2.29. The normalized spacial score (nSPS) is 12.7. The molecule has 0 saturated heterocycles. The number of carboxylic acid groups (broad SMARTS) is 1. The van der Waals surface area contributed by atoms with E-state index < -0.39 is 30.1 Å². The molecule has 0 spiro atoms. The highest BCUT2D eigenvalue weighted by atomic mass is 35.5. The van der Waals surface area contributed by atoms with E-state index in [-0.39, 0.29) is 18.9 Å². The van der Waals surface area contributed by atoms with Crippen molar-refractivity contribution >= 4 is 29.6 Å². The zero-order valence-electron chi connectivity index (χ0n) is 16.8. The van der Waals surface area contributed by atoms with Gasteiger partial charge in [-0.05, 0) is 23.1 Å². The van der Waals surface area contributed by atoms with Crippen LogP contribution in [0.1, 0.15) is 25.0 Å². The maximum absolute atomic E-state index is 12.7. The number of alkyl carbamates (subject to hydrolysis) is 1. The Bertz CT molecular complexity index is 873. The van der Waals surface area contributed by atoms with Gasteiger partial charge in [0.25, 0.3) is 0 Å². The Balaban J connectivity index is 1.99. The molecule has 0 aliphatic rings. The van der Waals surface area contributed by atoms with E-state index in [9.17, 15) is 19.5 Å². The zero-order valence-corrected chi connectivity index (χ0v) is 17.6. The average molecular weight is 433 g/mol. The molecule has 0 bridgehead atoms. The lowest BCUT2D eigenvalue weighted by molar-refractivity contribution is -0.142. The third-order valence-corrected chi connectivity index (χ3v) is 4.80. The average Bonchev–Trinajstić information content (AvgIpc) is 2.71. The van der Waals surface area contributed by atoms with Gasteiger partial charge >= 0.3 is 12.1 Å². The third-order valence-electron chi connectivity index (χ3n) is 4.43. The maximum atomic E-state index is 12.7. The van der Waals surface area contributed by atoms with Gasteiger partial charge < -0.3 is 20.5 Å². The molecule has 0 saturated carbocycles. The van der Waals surface area contributed by atoms with E-state index in [4.69, 9.17) is 16.3 Å². The van der Waals surface area contributed by atoms with Crippen LogP contribution in [0.4, 0.5) is 4.79 Å². The van der Waals surface area contributed by atoms with Gasteiger partial charge in [0.15, 0.2) is 0 Å². The maximum Gasteiger partial charge on any atom is 0.408 e. The molecule has 0 radical (unpaired) electrons. The second-order valence-electron chi connectivity index (χ2n) is 7.12. The summed E-state index contributed by atoms with van der Waals surface area (Å²) in [4.78, 5) is 36.5. The van der Waals surface area contributed by atoms with Gasteiger partial charge in [0.2, 0.25) is 5.91 Å². The van der Waals surface area contributed by atoms with Gasteiger partial charge in [-0.25, -0.2) is 9.59 Å². The molecule has 3 N–H and O–H groups in total. The first kappa shape index (κ1) is 23.2. The Morgan fingerprint density at radius 2 is 1.63 bits per heavy atom. The van der Waals surface area contributed by atoms with E-state index in [0.717, 1.165) is 5.56 Å². The van der Waals surface area contributed by atoms with Gasteiger partial charge in [-0.2, -0.15) is 0 Å². The van der Waals surface area contributed by atoms with E-state index in [1.54, 1.807) is 38.1 Å². The first-order chi connectivity index (χ1) is 14.3. The number of amides is 2. The van der Waals surface area contributed by atoms with Gasteiger partial charge in [0, 0.05) is 11.4 Å². The number of rotatable bonds is 9. The van der Waals surface area contributed by atoms with Crippen LogP contribution in [0.2, 0.25) is 5.02 Å². The number of carbonyl (C=O) groups is 3. The minimum Gasteiger partial charge on any atom is -0.480 e. The van der Waals surface area contributed by atoms with Crippen molar-refractivity contribution in [2.75, 3.05) is 0 Å².